The number of para-hydroxylation sites is 1. The number of anilines is 1. The Morgan fingerprint density at radius 2 is 2.04 bits per heavy atom. The van der Waals surface area contributed by atoms with Crippen molar-refractivity contribution in [2.24, 2.45) is 0 Å². The smallest absolute Gasteiger partial charge is 0.234 e. The highest BCUT2D eigenvalue weighted by atomic mass is 32.2. The molecule has 0 saturated carbocycles. The van der Waals surface area contributed by atoms with Gasteiger partial charge in [0.05, 0.1) is 11.4 Å². The van der Waals surface area contributed by atoms with Gasteiger partial charge < -0.3 is 10.3 Å². The van der Waals surface area contributed by atoms with Gasteiger partial charge in [-0.2, -0.15) is 0 Å². The molecule has 4 rings (SSSR count). The summed E-state index contributed by atoms with van der Waals surface area (Å²) in [6.07, 6.45) is 0. The van der Waals surface area contributed by atoms with Crippen molar-refractivity contribution in [3.63, 3.8) is 0 Å². The molecule has 2 heterocycles. The van der Waals surface area contributed by atoms with Crippen LogP contribution in [0.15, 0.2) is 41.6 Å². The summed E-state index contributed by atoms with van der Waals surface area (Å²) >= 11 is 1.16. The van der Waals surface area contributed by atoms with Gasteiger partial charge in [-0.3, -0.25) is 4.79 Å². The lowest BCUT2D eigenvalue weighted by Crippen LogP contribution is -2.15. The Morgan fingerprint density at radius 3 is 2.85 bits per heavy atom. The summed E-state index contributed by atoms with van der Waals surface area (Å²) in [7, 11) is 0. The maximum atomic E-state index is 13.6. The molecule has 2 aromatic carbocycles. The first kappa shape index (κ1) is 17.4. The third-order valence-corrected chi connectivity index (χ3v) is 4.96. The van der Waals surface area contributed by atoms with E-state index in [0.717, 1.165) is 39.3 Å². The number of halogens is 1. The molecule has 2 aromatic heterocycles. The van der Waals surface area contributed by atoms with Crippen LogP contribution in [0.5, 0.6) is 0 Å². The maximum absolute atomic E-state index is 13.6. The topological polar surface area (TPSA) is 83.6 Å². The number of hydrogen-bond acceptors (Lipinski definition) is 5. The molecular formula is C19H16FN5OS. The number of hydrogen-bond donors (Lipinski definition) is 2. The summed E-state index contributed by atoms with van der Waals surface area (Å²) < 4.78 is 13.6. The minimum absolute atomic E-state index is 0.0575. The van der Waals surface area contributed by atoms with E-state index in [2.05, 4.69) is 31.5 Å². The molecule has 0 aliphatic heterocycles. The number of thioether (sulfide) groups is 1. The second kappa shape index (κ2) is 6.96. The number of aromatic nitrogens is 4. The Hall–Kier alpha value is -3.00. The minimum atomic E-state index is -0.472. The number of H-pyrrole nitrogens is 1. The Balaban J connectivity index is 1.55. The second-order valence-corrected chi connectivity index (χ2v) is 7.18. The van der Waals surface area contributed by atoms with Gasteiger partial charge in [-0.25, -0.2) is 9.37 Å². The van der Waals surface area contributed by atoms with Crippen molar-refractivity contribution in [2.75, 3.05) is 11.1 Å². The van der Waals surface area contributed by atoms with Gasteiger partial charge in [0.25, 0.3) is 0 Å². The standard InChI is InChI=1S/C19H16FN5OS/c1-10-7-11(2)16-14(8-10)22-18-17(16)23-19(25-24-18)27-9-15(26)21-13-6-4-3-5-12(13)20/h3-8H,9H2,1-2H3,(H,21,26)(H,22,24). The van der Waals surface area contributed by atoms with Crippen molar-refractivity contribution in [3.05, 3.63) is 53.3 Å². The SMILES string of the molecule is Cc1cc(C)c2c(c1)[nH]c1nnc(SCC(=O)Nc3ccccc3F)nc12. The Kier molecular flexibility index (Phi) is 4.49. The van der Waals surface area contributed by atoms with Crippen molar-refractivity contribution >= 4 is 45.4 Å². The van der Waals surface area contributed by atoms with Gasteiger partial charge in [0.1, 0.15) is 11.3 Å². The first-order chi connectivity index (χ1) is 13.0. The van der Waals surface area contributed by atoms with Crippen LogP contribution in [0.3, 0.4) is 0 Å². The van der Waals surface area contributed by atoms with Crippen molar-refractivity contribution in [2.45, 2.75) is 19.0 Å². The highest BCUT2D eigenvalue weighted by molar-refractivity contribution is 7.99. The number of nitrogens with zero attached hydrogens (tertiary/aromatic N) is 3. The van der Waals surface area contributed by atoms with Crippen LogP contribution >= 0.6 is 11.8 Å². The normalized spacial score (nSPS) is 11.2. The summed E-state index contributed by atoms with van der Waals surface area (Å²) in [5.74, 6) is -0.749. The summed E-state index contributed by atoms with van der Waals surface area (Å²) in [5.41, 5.74) is 4.71. The van der Waals surface area contributed by atoms with Gasteiger partial charge in [-0.15, -0.1) is 10.2 Å². The zero-order chi connectivity index (χ0) is 19.0. The third-order valence-electron chi connectivity index (χ3n) is 4.12. The third kappa shape index (κ3) is 3.48. The van der Waals surface area contributed by atoms with Crippen LogP contribution in [0.25, 0.3) is 22.1 Å². The van der Waals surface area contributed by atoms with Gasteiger partial charge >= 0.3 is 0 Å². The minimum Gasteiger partial charge on any atom is -0.336 e. The number of carbonyl (C=O) groups excluding carboxylic acids is 1. The van der Waals surface area contributed by atoms with Gasteiger partial charge in [-0.1, -0.05) is 30.0 Å². The van der Waals surface area contributed by atoms with E-state index in [1.54, 1.807) is 12.1 Å². The molecule has 6 nitrogen and oxygen atoms in total. The van der Waals surface area contributed by atoms with Crippen molar-refractivity contribution < 1.29 is 9.18 Å². The molecule has 0 atom stereocenters. The molecule has 0 aliphatic carbocycles. The van der Waals surface area contributed by atoms with Gasteiger partial charge in [0.2, 0.25) is 11.1 Å². The number of nitrogens with one attached hydrogen (secondary N) is 2. The zero-order valence-corrected chi connectivity index (χ0v) is 15.5. The number of fused-ring (bicyclic) bond motifs is 3. The van der Waals surface area contributed by atoms with Crippen LogP contribution in [0.4, 0.5) is 10.1 Å². The van der Waals surface area contributed by atoms with Gasteiger partial charge in [0.15, 0.2) is 5.65 Å². The predicted octanol–water partition coefficient (Wildman–Crippen LogP) is 3.99. The van der Waals surface area contributed by atoms with E-state index in [0.29, 0.717) is 10.8 Å². The number of amides is 1. The Bertz CT molecular complexity index is 1170. The largest absolute Gasteiger partial charge is 0.336 e. The number of benzene rings is 2. The van der Waals surface area contributed by atoms with Crippen LogP contribution in [0, 0.1) is 19.7 Å². The van der Waals surface area contributed by atoms with Crippen LogP contribution in [0.1, 0.15) is 11.1 Å². The van der Waals surface area contributed by atoms with Crippen LogP contribution < -0.4 is 5.32 Å². The van der Waals surface area contributed by atoms with Gasteiger partial charge in [-0.05, 0) is 43.2 Å². The fourth-order valence-corrected chi connectivity index (χ4v) is 3.60. The molecule has 0 aliphatic rings. The molecular weight excluding hydrogens is 365 g/mol. The lowest BCUT2D eigenvalue weighted by molar-refractivity contribution is -0.113. The molecule has 4 aromatic rings. The summed E-state index contributed by atoms with van der Waals surface area (Å²) in [5, 5.41) is 12.2. The molecule has 0 saturated heterocycles. The second-order valence-electron chi connectivity index (χ2n) is 6.24. The lowest BCUT2D eigenvalue weighted by Gasteiger charge is -2.05. The molecule has 0 spiro atoms. The van der Waals surface area contributed by atoms with E-state index in [1.165, 1.54) is 12.1 Å². The Morgan fingerprint density at radius 1 is 1.22 bits per heavy atom. The van der Waals surface area contributed by atoms with E-state index in [1.807, 2.05) is 19.9 Å². The van der Waals surface area contributed by atoms with Crippen LogP contribution in [-0.2, 0) is 4.79 Å². The summed E-state index contributed by atoms with van der Waals surface area (Å²) in [6, 6.07) is 10.2. The van der Waals surface area contributed by atoms with E-state index in [4.69, 9.17) is 0 Å². The average Bonchev–Trinajstić information content (AvgIpc) is 2.99. The lowest BCUT2D eigenvalue weighted by atomic mass is 10.1. The fraction of sp³-hybridized carbons (Fsp3) is 0.158. The maximum Gasteiger partial charge on any atom is 0.234 e. The van der Waals surface area contributed by atoms with Crippen molar-refractivity contribution in [3.8, 4) is 0 Å². The first-order valence-corrected chi connectivity index (χ1v) is 9.30. The number of rotatable bonds is 4. The van der Waals surface area contributed by atoms with E-state index in [9.17, 15) is 9.18 Å². The van der Waals surface area contributed by atoms with E-state index in [-0.39, 0.29) is 17.3 Å². The van der Waals surface area contributed by atoms with Crippen LogP contribution in [-0.4, -0.2) is 31.8 Å². The molecule has 1 amide bonds. The predicted molar refractivity (Wildman–Crippen MR) is 104 cm³/mol. The number of aryl methyl sites for hydroxylation is 2. The fourth-order valence-electron chi connectivity index (χ4n) is 3.02. The molecule has 136 valence electrons. The molecule has 27 heavy (non-hydrogen) atoms. The quantitative estimate of drug-likeness (QED) is 0.522. The Labute approximate surface area is 158 Å². The van der Waals surface area contributed by atoms with Crippen LogP contribution in [0.2, 0.25) is 0 Å². The van der Waals surface area contributed by atoms with E-state index >= 15 is 0 Å². The first-order valence-electron chi connectivity index (χ1n) is 8.32. The average molecular weight is 381 g/mol. The molecule has 2 N–H and O–H groups in total. The summed E-state index contributed by atoms with van der Waals surface area (Å²) in [6.45, 7) is 4.06. The monoisotopic (exact) mass is 381 g/mol. The highest BCUT2D eigenvalue weighted by Crippen LogP contribution is 2.28. The van der Waals surface area contributed by atoms with E-state index < -0.39 is 5.82 Å². The highest BCUT2D eigenvalue weighted by Gasteiger charge is 2.13. The summed E-state index contributed by atoms with van der Waals surface area (Å²) in [4.78, 5) is 19.9. The molecule has 0 unspecified atom stereocenters. The number of aromatic amines is 1. The zero-order valence-electron chi connectivity index (χ0n) is 14.7. The van der Waals surface area contributed by atoms with Gasteiger partial charge in [0, 0.05) is 10.9 Å². The number of carbonyl (C=O) groups is 1. The van der Waals surface area contributed by atoms with Crippen molar-refractivity contribution in [1.82, 2.24) is 20.2 Å². The molecule has 0 bridgehead atoms. The van der Waals surface area contributed by atoms with Crippen molar-refractivity contribution in [1.29, 1.82) is 0 Å². The molecule has 0 fully saturated rings. The molecule has 0 radical (unpaired) electrons. The molecule has 8 heteroatoms.